The molecule has 0 spiro atoms. The van der Waals surface area contributed by atoms with E-state index in [0.717, 1.165) is 30.2 Å². The predicted octanol–water partition coefficient (Wildman–Crippen LogP) is 8.57. The van der Waals surface area contributed by atoms with Crippen molar-refractivity contribution in [3.05, 3.63) is 58.5 Å². The van der Waals surface area contributed by atoms with Crippen LogP contribution < -0.4 is 10.6 Å². The summed E-state index contributed by atoms with van der Waals surface area (Å²) in [5.41, 5.74) is 4.12. The highest BCUT2D eigenvalue weighted by molar-refractivity contribution is 7.14. The van der Waals surface area contributed by atoms with Crippen LogP contribution in [-0.4, -0.2) is 45.8 Å². The summed E-state index contributed by atoms with van der Waals surface area (Å²) in [6.45, 7) is 22.9. The lowest BCUT2D eigenvalue weighted by Crippen LogP contribution is -2.32. The number of rotatable bonds is 14. The molecule has 9 heteroatoms. The second-order valence-electron chi connectivity index (χ2n) is 10.5. The van der Waals surface area contributed by atoms with E-state index >= 15 is 0 Å². The fraction of sp³-hybridized carbons (Fsp3) is 0.588. The Bertz CT molecular complexity index is 1170. The van der Waals surface area contributed by atoms with Gasteiger partial charge < -0.3 is 19.9 Å². The molecule has 2 aromatic rings. The van der Waals surface area contributed by atoms with Crippen molar-refractivity contribution in [3.63, 3.8) is 0 Å². The molecule has 0 radical (unpaired) electrons. The molecule has 2 aromatic heterocycles. The van der Waals surface area contributed by atoms with E-state index in [0.29, 0.717) is 28.6 Å². The van der Waals surface area contributed by atoms with Gasteiger partial charge in [-0.3, -0.25) is 14.6 Å². The Labute approximate surface area is 265 Å². The fourth-order valence-corrected chi connectivity index (χ4v) is 4.38. The number of ether oxygens (including phenoxy) is 1. The van der Waals surface area contributed by atoms with Crippen LogP contribution in [-0.2, 0) is 16.6 Å². The van der Waals surface area contributed by atoms with E-state index in [1.807, 2.05) is 52.3 Å². The van der Waals surface area contributed by atoms with Crippen molar-refractivity contribution in [1.82, 2.24) is 14.9 Å². The highest BCUT2D eigenvalue weighted by Gasteiger charge is 2.13. The highest BCUT2D eigenvalue weighted by atomic mass is 32.1. The number of thiazole rings is 1. The molecule has 2 heterocycles. The van der Waals surface area contributed by atoms with Crippen LogP contribution in [0, 0.1) is 5.92 Å². The molecule has 3 unspecified atom stereocenters. The number of nitrogens with zero attached hydrogens (tertiary/aromatic N) is 3. The number of anilines is 1. The van der Waals surface area contributed by atoms with Crippen LogP contribution in [0.5, 0.6) is 0 Å². The molecule has 0 bridgehead atoms. The Morgan fingerprint density at radius 1 is 1.12 bits per heavy atom. The third-order valence-electron chi connectivity index (χ3n) is 6.75. The zero-order valence-corrected chi connectivity index (χ0v) is 29.5. The van der Waals surface area contributed by atoms with Crippen LogP contribution in [0.3, 0.4) is 0 Å². The standard InChI is InChI=1S/C21H27N5O2S.C11H24O.C2H6/c1-6-8-17(23-15(4)14(3)7-2)18-13-29-21(24-18)25-19(27)11-22-20(28)16-9-10-26(5)12-16;1-6-9(3)8-11(5)12-10(4)7-2;1-2/h6,8-10,12-13H,7,11H2,1-5H3,(H,22,28)(H,24,25,27);9-11H,6-8H2,1-5H3;1-2H3/b8-6-,15-14?,23-17?;;. The van der Waals surface area contributed by atoms with Crippen molar-refractivity contribution in [2.24, 2.45) is 18.0 Å². The van der Waals surface area contributed by atoms with Crippen molar-refractivity contribution < 1.29 is 14.3 Å². The zero-order chi connectivity index (χ0) is 32.9. The van der Waals surface area contributed by atoms with Crippen LogP contribution in [0.25, 0.3) is 0 Å². The maximum Gasteiger partial charge on any atom is 0.253 e. The molecule has 2 amide bonds. The first-order valence-electron chi connectivity index (χ1n) is 15.6. The molecule has 242 valence electrons. The average Bonchev–Trinajstić information content (AvgIpc) is 3.65. The molecule has 0 saturated carbocycles. The van der Waals surface area contributed by atoms with Gasteiger partial charge in [-0.25, -0.2) is 4.98 Å². The summed E-state index contributed by atoms with van der Waals surface area (Å²) < 4.78 is 7.54. The molecule has 2 N–H and O–H groups in total. The van der Waals surface area contributed by atoms with Crippen molar-refractivity contribution in [3.8, 4) is 0 Å². The molecule has 0 aliphatic rings. The number of carbonyl (C=O) groups is 2. The first kappa shape index (κ1) is 40.0. The van der Waals surface area contributed by atoms with E-state index in [1.54, 1.807) is 23.0 Å². The SMILES string of the molecule is C/C=C\C(=NC(C)=C(C)CC)c1csc(NC(=O)CNC(=O)c2ccn(C)c2)n1.CC.CCC(C)CC(C)OC(C)CC. The van der Waals surface area contributed by atoms with Gasteiger partial charge >= 0.3 is 0 Å². The summed E-state index contributed by atoms with van der Waals surface area (Å²) in [5.74, 6) is 0.165. The van der Waals surface area contributed by atoms with E-state index in [4.69, 9.17) is 4.74 Å². The number of carbonyl (C=O) groups excluding carboxylic acids is 2. The summed E-state index contributed by atoms with van der Waals surface area (Å²) in [4.78, 5) is 33.3. The molecular formula is C34H57N5O3S. The number of amides is 2. The zero-order valence-electron chi connectivity index (χ0n) is 28.7. The van der Waals surface area contributed by atoms with Gasteiger partial charge in [0.05, 0.1) is 30.0 Å². The number of allylic oxidation sites excluding steroid dienone is 4. The van der Waals surface area contributed by atoms with Gasteiger partial charge in [0, 0.05) is 30.5 Å². The van der Waals surface area contributed by atoms with E-state index < -0.39 is 0 Å². The van der Waals surface area contributed by atoms with Crippen molar-refractivity contribution in [2.75, 3.05) is 11.9 Å². The van der Waals surface area contributed by atoms with Gasteiger partial charge in [0.1, 0.15) is 5.69 Å². The van der Waals surface area contributed by atoms with Gasteiger partial charge in [0.15, 0.2) is 5.13 Å². The first-order valence-corrected chi connectivity index (χ1v) is 16.5. The second-order valence-corrected chi connectivity index (χ2v) is 11.3. The molecule has 0 aromatic carbocycles. The number of aryl methyl sites for hydroxylation is 1. The van der Waals surface area contributed by atoms with Crippen molar-refractivity contribution >= 4 is 34.0 Å². The quantitative estimate of drug-likeness (QED) is 0.208. The van der Waals surface area contributed by atoms with Gasteiger partial charge in [-0.05, 0) is 71.9 Å². The van der Waals surface area contributed by atoms with Gasteiger partial charge in [-0.15, -0.1) is 11.3 Å². The van der Waals surface area contributed by atoms with Gasteiger partial charge in [-0.1, -0.05) is 59.6 Å². The Balaban J connectivity index is 0.00000106. The topological polar surface area (TPSA) is 97.6 Å². The monoisotopic (exact) mass is 615 g/mol. The number of aliphatic imine (C=N–C) groups is 1. The number of nitrogens with one attached hydrogen (secondary N) is 2. The van der Waals surface area contributed by atoms with E-state index in [1.165, 1.54) is 29.8 Å². The fourth-order valence-electron chi connectivity index (χ4n) is 3.66. The molecule has 3 atom stereocenters. The number of hydrogen-bond acceptors (Lipinski definition) is 6. The summed E-state index contributed by atoms with van der Waals surface area (Å²) in [6, 6.07) is 1.69. The summed E-state index contributed by atoms with van der Waals surface area (Å²) in [5, 5.41) is 7.63. The lowest BCUT2D eigenvalue weighted by Gasteiger charge is -2.20. The maximum absolute atomic E-state index is 12.1. The summed E-state index contributed by atoms with van der Waals surface area (Å²) in [7, 11) is 1.83. The lowest BCUT2D eigenvalue weighted by atomic mass is 10.0. The summed E-state index contributed by atoms with van der Waals surface area (Å²) in [6.07, 6.45) is 12.6. The van der Waals surface area contributed by atoms with Gasteiger partial charge in [0.2, 0.25) is 5.91 Å². The first-order chi connectivity index (χ1) is 20.4. The normalized spacial score (nSPS) is 14.0. The molecule has 2 rings (SSSR count). The minimum Gasteiger partial charge on any atom is -0.376 e. The number of hydrogen-bond donors (Lipinski definition) is 2. The van der Waals surface area contributed by atoms with Crippen LogP contribution >= 0.6 is 11.3 Å². The molecular weight excluding hydrogens is 558 g/mol. The third kappa shape index (κ3) is 16.4. The Morgan fingerprint density at radius 2 is 1.79 bits per heavy atom. The van der Waals surface area contributed by atoms with E-state index in [9.17, 15) is 9.59 Å². The lowest BCUT2D eigenvalue weighted by molar-refractivity contribution is -0.115. The Hall–Kier alpha value is -3.04. The Kier molecular flexibility index (Phi) is 20.9. The van der Waals surface area contributed by atoms with Crippen molar-refractivity contribution in [2.45, 2.75) is 114 Å². The molecule has 0 aliphatic carbocycles. The molecule has 0 saturated heterocycles. The largest absolute Gasteiger partial charge is 0.376 e. The Morgan fingerprint density at radius 3 is 2.33 bits per heavy atom. The van der Waals surface area contributed by atoms with Crippen molar-refractivity contribution in [1.29, 1.82) is 0 Å². The minimum absolute atomic E-state index is 0.129. The van der Waals surface area contributed by atoms with Gasteiger partial charge in [0.25, 0.3) is 5.91 Å². The molecule has 0 aliphatic heterocycles. The summed E-state index contributed by atoms with van der Waals surface area (Å²) >= 11 is 1.32. The molecule has 43 heavy (non-hydrogen) atoms. The molecule has 8 nitrogen and oxygen atoms in total. The van der Waals surface area contributed by atoms with Crippen LogP contribution in [0.15, 0.2) is 52.3 Å². The third-order valence-corrected chi connectivity index (χ3v) is 7.51. The molecule has 0 fully saturated rings. The van der Waals surface area contributed by atoms with Crippen LogP contribution in [0.4, 0.5) is 5.13 Å². The predicted molar refractivity (Wildman–Crippen MR) is 184 cm³/mol. The second kappa shape index (κ2) is 22.5. The minimum atomic E-state index is -0.336. The average molecular weight is 616 g/mol. The maximum atomic E-state index is 12.1. The van der Waals surface area contributed by atoms with E-state index in [-0.39, 0.29) is 18.4 Å². The van der Waals surface area contributed by atoms with Crippen LogP contribution in [0.2, 0.25) is 0 Å². The van der Waals surface area contributed by atoms with E-state index in [2.05, 4.69) is 69.1 Å². The van der Waals surface area contributed by atoms with Crippen LogP contribution in [0.1, 0.15) is 118 Å². The smallest absolute Gasteiger partial charge is 0.253 e. The van der Waals surface area contributed by atoms with Gasteiger partial charge in [-0.2, -0.15) is 0 Å². The number of aromatic nitrogens is 2. The highest BCUT2D eigenvalue weighted by Crippen LogP contribution is 2.18.